The number of ether oxygens (including phenoxy) is 1. The summed E-state index contributed by atoms with van der Waals surface area (Å²) in [5.74, 6) is -1.07. The lowest BCUT2D eigenvalue weighted by atomic mass is 10.2. The fourth-order valence-electron chi connectivity index (χ4n) is 1.35. The third-order valence-electron chi connectivity index (χ3n) is 2.21. The van der Waals surface area contributed by atoms with Crippen molar-refractivity contribution in [1.82, 2.24) is 10.3 Å². The molecule has 1 rings (SSSR count). The van der Waals surface area contributed by atoms with E-state index in [9.17, 15) is 9.18 Å². The molecule has 1 aromatic heterocycles. The Bertz CT molecular complexity index is 410. The summed E-state index contributed by atoms with van der Waals surface area (Å²) in [5, 5.41) is 5.17. The van der Waals surface area contributed by atoms with Crippen molar-refractivity contribution in [1.29, 1.82) is 0 Å². The van der Waals surface area contributed by atoms with Crippen molar-refractivity contribution in [2.75, 3.05) is 25.5 Å². The van der Waals surface area contributed by atoms with Crippen LogP contribution in [0.3, 0.4) is 0 Å². The number of rotatable bonds is 6. The number of nitrogens with one attached hydrogen (secondary N) is 2. The summed E-state index contributed by atoms with van der Waals surface area (Å²) in [6, 6.07) is 1.34. The quantitative estimate of drug-likeness (QED) is 0.755. The topological polar surface area (TPSA) is 63.2 Å². The largest absolute Gasteiger partial charge is 0.377 e. The van der Waals surface area contributed by atoms with Gasteiger partial charge in [-0.3, -0.25) is 4.79 Å². The van der Waals surface area contributed by atoms with E-state index in [0.717, 1.165) is 0 Å². The molecule has 0 aliphatic heterocycles. The Hall–Kier alpha value is -1.69. The third-order valence-corrected chi connectivity index (χ3v) is 2.21. The molecule has 2 N–H and O–H groups in total. The Morgan fingerprint density at radius 1 is 1.56 bits per heavy atom. The van der Waals surface area contributed by atoms with E-state index in [1.807, 2.05) is 13.8 Å². The van der Waals surface area contributed by atoms with Crippen LogP contribution >= 0.6 is 0 Å². The first-order valence-corrected chi connectivity index (χ1v) is 5.78. The van der Waals surface area contributed by atoms with E-state index in [0.29, 0.717) is 13.2 Å². The number of amides is 1. The molecular formula is C12H18FN3O2. The van der Waals surface area contributed by atoms with E-state index in [-0.39, 0.29) is 17.5 Å². The highest BCUT2D eigenvalue weighted by Crippen LogP contribution is 2.13. The molecule has 0 aromatic carbocycles. The molecule has 6 heteroatoms. The summed E-state index contributed by atoms with van der Waals surface area (Å²) in [6.07, 6.45) is 1.49. The second-order valence-electron chi connectivity index (χ2n) is 3.95. The minimum atomic E-state index is -0.651. The Kier molecular flexibility index (Phi) is 5.51. The maximum Gasteiger partial charge on any atom is 0.254 e. The number of pyridine rings is 1. The normalized spacial score (nSPS) is 10.5. The van der Waals surface area contributed by atoms with Crippen LogP contribution in [0.4, 0.5) is 10.2 Å². The van der Waals surface area contributed by atoms with Crippen molar-refractivity contribution in [3.05, 3.63) is 23.6 Å². The van der Waals surface area contributed by atoms with E-state index in [1.165, 1.54) is 12.3 Å². The average molecular weight is 255 g/mol. The molecule has 0 saturated carbocycles. The molecule has 0 aliphatic rings. The minimum Gasteiger partial charge on any atom is -0.377 e. The fraction of sp³-hybridized carbons (Fsp3) is 0.500. The maximum atomic E-state index is 13.7. The van der Waals surface area contributed by atoms with E-state index < -0.39 is 11.7 Å². The van der Waals surface area contributed by atoms with Crippen LogP contribution in [0.25, 0.3) is 0 Å². The van der Waals surface area contributed by atoms with E-state index in [2.05, 4.69) is 15.6 Å². The van der Waals surface area contributed by atoms with Crippen molar-refractivity contribution < 1.29 is 13.9 Å². The van der Waals surface area contributed by atoms with Crippen molar-refractivity contribution in [3.63, 3.8) is 0 Å². The summed E-state index contributed by atoms with van der Waals surface area (Å²) in [4.78, 5) is 15.5. The van der Waals surface area contributed by atoms with Gasteiger partial charge in [0, 0.05) is 19.8 Å². The van der Waals surface area contributed by atoms with Crippen LogP contribution in [0, 0.1) is 5.82 Å². The van der Waals surface area contributed by atoms with E-state index in [4.69, 9.17) is 4.74 Å². The minimum absolute atomic E-state index is 0.0288. The average Bonchev–Trinajstić information content (AvgIpc) is 2.34. The monoisotopic (exact) mass is 255 g/mol. The Balaban J connectivity index is 2.56. The van der Waals surface area contributed by atoms with Crippen LogP contribution in [0.2, 0.25) is 0 Å². The highest BCUT2D eigenvalue weighted by molar-refractivity contribution is 5.95. The third kappa shape index (κ3) is 3.96. The predicted molar refractivity (Wildman–Crippen MR) is 67.2 cm³/mol. The van der Waals surface area contributed by atoms with Gasteiger partial charge in [0.25, 0.3) is 5.91 Å². The first kappa shape index (κ1) is 14.4. The van der Waals surface area contributed by atoms with Crippen LogP contribution in [0.1, 0.15) is 24.2 Å². The van der Waals surface area contributed by atoms with Crippen molar-refractivity contribution >= 4 is 11.7 Å². The summed E-state index contributed by atoms with van der Waals surface area (Å²) < 4.78 is 19.0. The van der Waals surface area contributed by atoms with Gasteiger partial charge in [-0.1, -0.05) is 0 Å². The Morgan fingerprint density at radius 3 is 2.89 bits per heavy atom. The van der Waals surface area contributed by atoms with Crippen molar-refractivity contribution in [3.8, 4) is 0 Å². The van der Waals surface area contributed by atoms with Gasteiger partial charge in [-0.05, 0) is 19.9 Å². The van der Waals surface area contributed by atoms with Crippen LogP contribution in [0.5, 0.6) is 0 Å². The lowest BCUT2D eigenvalue weighted by molar-refractivity contribution is 0.0745. The predicted octanol–water partition coefficient (Wildman–Crippen LogP) is 1.42. The summed E-state index contributed by atoms with van der Waals surface area (Å²) in [6.45, 7) is 4.55. The molecule has 0 spiro atoms. The number of carbonyl (C=O) groups is 1. The van der Waals surface area contributed by atoms with E-state index in [1.54, 1.807) is 7.05 Å². The zero-order valence-corrected chi connectivity index (χ0v) is 10.8. The van der Waals surface area contributed by atoms with Gasteiger partial charge in [0.15, 0.2) is 11.6 Å². The second-order valence-corrected chi connectivity index (χ2v) is 3.95. The van der Waals surface area contributed by atoms with Crippen LogP contribution in [0.15, 0.2) is 12.3 Å². The Morgan fingerprint density at radius 2 is 2.28 bits per heavy atom. The molecule has 1 heterocycles. The number of carbonyl (C=O) groups excluding carboxylic acids is 1. The number of halogens is 1. The number of aromatic nitrogens is 1. The van der Waals surface area contributed by atoms with Crippen LogP contribution in [-0.2, 0) is 4.74 Å². The van der Waals surface area contributed by atoms with Crippen molar-refractivity contribution in [2.45, 2.75) is 20.0 Å². The molecule has 0 atom stereocenters. The van der Waals surface area contributed by atoms with Gasteiger partial charge in [0.1, 0.15) is 0 Å². The second kappa shape index (κ2) is 6.90. The first-order chi connectivity index (χ1) is 8.56. The molecule has 100 valence electrons. The molecule has 0 fully saturated rings. The van der Waals surface area contributed by atoms with Gasteiger partial charge in [-0.25, -0.2) is 9.37 Å². The fourth-order valence-corrected chi connectivity index (χ4v) is 1.35. The molecular weight excluding hydrogens is 237 g/mol. The molecule has 0 saturated heterocycles. The SMILES string of the molecule is CNc1nccc(C(=O)NCCOC(C)C)c1F. The Labute approximate surface area is 106 Å². The van der Waals surface area contributed by atoms with Gasteiger partial charge >= 0.3 is 0 Å². The number of hydrogen-bond donors (Lipinski definition) is 2. The van der Waals surface area contributed by atoms with Gasteiger partial charge < -0.3 is 15.4 Å². The lowest BCUT2D eigenvalue weighted by Gasteiger charge is -2.10. The zero-order chi connectivity index (χ0) is 13.5. The summed E-state index contributed by atoms with van der Waals surface area (Å²) in [7, 11) is 1.55. The molecule has 0 bridgehead atoms. The highest BCUT2D eigenvalue weighted by Gasteiger charge is 2.14. The summed E-state index contributed by atoms with van der Waals surface area (Å²) >= 11 is 0. The molecule has 0 unspecified atom stereocenters. The molecule has 0 aliphatic carbocycles. The van der Waals surface area contributed by atoms with Gasteiger partial charge in [-0.2, -0.15) is 0 Å². The first-order valence-electron chi connectivity index (χ1n) is 5.78. The molecule has 5 nitrogen and oxygen atoms in total. The van der Waals surface area contributed by atoms with E-state index >= 15 is 0 Å². The van der Waals surface area contributed by atoms with Crippen molar-refractivity contribution in [2.24, 2.45) is 0 Å². The number of anilines is 1. The molecule has 0 radical (unpaired) electrons. The van der Waals surface area contributed by atoms with Gasteiger partial charge in [0.05, 0.1) is 18.3 Å². The molecule has 1 aromatic rings. The smallest absolute Gasteiger partial charge is 0.254 e. The number of nitrogens with zero attached hydrogens (tertiary/aromatic N) is 1. The molecule has 18 heavy (non-hydrogen) atoms. The lowest BCUT2D eigenvalue weighted by Crippen LogP contribution is -2.29. The highest BCUT2D eigenvalue weighted by atomic mass is 19.1. The van der Waals surface area contributed by atoms with Crippen LogP contribution < -0.4 is 10.6 Å². The molecule has 1 amide bonds. The van der Waals surface area contributed by atoms with Gasteiger partial charge in [0.2, 0.25) is 0 Å². The number of hydrogen-bond acceptors (Lipinski definition) is 4. The summed E-state index contributed by atoms with van der Waals surface area (Å²) in [5.41, 5.74) is -0.0288. The van der Waals surface area contributed by atoms with Crippen LogP contribution in [-0.4, -0.2) is 37.2 Å². The standard InChI is InChI=1S/C12H18FN3O2/c1-8(2)18-7-6-16-12(17)9-4-5-15-11(14-3)10(9)13/h4-5,8H,6-7H2,1-3H3,(H,14,15)(H,16,17). The zero-order valence-electron chi connectivity index (χ0n) is 10.8. The maximum absolute atomic E-state index is 13.7. The van der Waals surface area contributed by atoms with Gasteiger partial charge in [-0.15, -0.1) is 0 Å².